The highest BCUT2D eigenvalue weighted by Gasteiger charge is 2.20. The van der Waals surface area contributed by atoms with Crippen molar-refractivity contribution in [1.29, 1.82) is 0 Å². The lowest BCUT2D eigenvalue weighted by Crippen LogP contribution is -2.14. The predicted octanol–water partition coefficient (Wildman–Crippen LogP) is 13.6. The molecule has 10 aromatic carbocycles. The molecule has 0 unspecified atom stereocenters. The molecule has 346 valence electrons. The monoisotopic (exact) mass is 994 g/mol. The highest BCUT2D eigenvalue weighted by Crippen LogP contribution is 2.43. The van der Waals surface area contributed by atoms with E-state index in [1.165, 1.54) is 64.7 Å². The molecule has 0 aliphatic carbocycles. The van der Waals surface area contributed by atoms with Gasteiger partial charge in [-0.25, -0.2) is 0 Å². The molecular weight excluding hydrogens is 941 g/mol. The molecule has 10 rings (SSSR count). The highest BCUT2D eigenvalue weighted by molar-refractivity contribution is 7.73. The van der Waals surface area contributed by atoms with Gasteiger partial charge in [0.05, 0.1) is 0 Å². The minimum atomic E-state index is -0.654. The average Bonchev–Trinajstić information content (AvgIpc) is 3.45. The third-order valence-corrected chi connectivity index (χ3v) is 22.6. The van der Waals surface area contributed by atoms with Crippen molar-refractivity contribution < 1.29 is 0 Å². The van der Waals surface area contributed by atoms with E-state index in [2.05, 4.69) is 303 Å². The Morgan fingerprint density at radius 2 is 0.375 bits per heavy atom. The van der Waals surface area contributed by atoms with Crippen molar-refractivity contribution in [3.63, 3.8) is 0 Å². The molecule has 0 fully saturated rings. The molecule has 0 saturated heterocycles. The molecule has 0 amide bonds. The molecule has 0 nitrogen and oxygen atoms in total. The van der Waals surface area contributed by atoms with E-state index < -0.39 is 31.7 Å². The predicted molar refractivity (Wildman–Crippen MR) is 318 cm³/mol. The molecule has 0 heterocycles. The van der Waals surface area contributed by atoms with E-state index in [0.717, 1.165) is 35.8 Å². The van der Waals surface area contributed by atoms with Gasteiger partial charge in [0.15, 0.2) is 0 Å². The fourth-order valence-corrected chi connectivity index (χ4v) is 18.3. The number of benzene rings is 10. The van der Waals surface area contributed by atoms with Crippen LogP contribution >= 0.6 is 31.7 Å². The van der Waals surface area contributed by atoms with Gasteiger partial charge in [0.25, 0.3) is 0 Å². The summed E-state index contributed by atoms with van der Waals surface area (Å²) in [5.41, 5.74) is 7.23. The van der Waals surface area contributed by atoms with Crippen LogP contribution < -0.4 is 42.4 Å². The molecule has 0 aromatic heterocycles. The van der Waals surface area contributed by atoms with Crippen LogP contribution in [0.4, 0.5) is 0 Å². The summed E-state index contributed by atoms with van der Waals surface area (Å²) in [6.07, 6.45) is 3.69. The molecule has 0 aliphatic heterocycles. The van der Waals surface area contributed by atoms with E-state index in [1.54, 1.807) is 0 Å². The van der Waals surface area contributed by atoms with Gasteiger partial charge >= 0.3 is 0 Å². The second kappa shape index (κ2) is 24.9. The number of hydrogen-bond donors (Lipinski definition) is 0. The van der Waals surface area contributed by atoms with Gasteiger partial charge in [-0.1, -0.05) is 267 Å². The molecule has 0 N–H and O–H groups in total. The first-order chi connectivity index (χ1) is 35.7. The van der Waals surface area contributed by atoms with Crippen LogP contribution in [0, 0.1) is 23.7 Å². The van der Waals surface area contributed by atoms with E-state index in [-0.39, 0.29) is 0 Å². The van der Waals surface area contributed by atoms with E-state index in [1.807, 2.05) is 0 Å². The highest BCUT2D eigenvalue weighted by atomic mass is 31.1. The van der Waals surface area contributed by atoms with Crippen molar-refractivity contribution in [3.05, 3.63) is 312 Å². The summed E-state index contributed by atoms with van der Waals surface area (Å²) in [4.78, 5) is 0. The Labute approximate surface area is 432 Å². The summed E-state index contributed by atoms with van der Waals surface area (Å²) in [6.45, 7) is 0. The van der Waals surface area contributed by atoms with E-state index in [0.29, 0.717) is 0 Å². The summed E-state index contributed by atoms with van der Waals surface area (Å²) < 4.78 is 0. The van der Waals surface area contributed by atoms with Crippen LogP contribution in [0.1, 0.15) is 33.4 Å². The van der Waals surface area contributed by atoms with Crippen LogP contribution in [-0.2, 0) is 24.6 Å². The van der Waals surface area contributed by atoms with Gasteiger partial charge in [-0.15, -0.1) is 0 Å². The molecule has 4 heteroatoms. The van der Waals surface area contributed by atoms with Crippen molar-refractivity contribution in [2.45, 2.75) is 24.6 Å². The molecule has 0 saturated carbocycles. The van der Waals surface area contributed by atoms with Gasteiger partial charge in [-0.05, 0) is 132 Å². The molecular formula is C68H54P4. The second-order valence-electron chi connectivity index (χ2n) is 17.6. The van der Waals surface area contributed by atoms with Gasteiger partial charge in [-0.3, -0.25) is 0 Å². The minimum absolute atomic E-state index is 0.654. The molecule has 0 bridgehead atoms. The van der Waals surface area contributed by atoms with Gasteiger partial charge in [-0.2, -0.15) is 0 Å². The van der Waals surface area contributed by atoms with Gasteiger partial charge < -0.3 is 0 Å². The Balaban J connectivity index is 1.03. The fourth-order valence-electron chi connectivity index (χ4n) is 9.16. The number of rotatable bonds is 16. The van der Waals surface area contributed by atoms with E-state index >= 15 is 0 Å². The second-order valence-corrected chi connectivity index (χ2v) is 26.4. The summed E-state index contributed by atoms with van der Waals surface area (Å²) in [5, 5.41) is 11.0. The maximum atomic E-state index is 3.58. The Morgan fingerprint density at radius 3 is 0.542 bits per heavy atom. The van der Waals surface area contributed by atoms with E-state index in [4.69, 9.17) is 0 Å². The van der Waals surface area contributed by atoms with Crippen molar-refractivity contribution in [1.82, 2.24) is 0 Å². The van der Waals surface area contributed by atoms with Crippen LogP contribution in [0.5, 0.6) is 0 Å². The van der Waals surface area contributed by atoms with Crippen molar-refractivity contribution in [3.8, 4) is 23.7 Å². The maximum Gasteiger partial charge on any atom is 0.0261 e. The van der Waals surface area contributed by atoms with Gasteiger partial charge in [0.1, 0.15) is 0 Å². The lowest BCUT2D eigenvalue weighted by molar-refractivity contribution is 1.31. The largest absolute Gasteiger partial charge is 0.0622 e. The van der Waals surface area contributed by atoms with E-state index in [9.17, 15) is 0 Å². The summed E-state index contributed by atoms with van der Waals surface area (Å²) in [6, 6.07) is 102. The zero-order chi connectivity index (χ0) is 48.6. The zero-order valence-corrected chi connectivity index (χ0v) is 43.8. The fraction of sp³-hybridized carbons (Fsp3) is 0.0588. The Hall–Kier alpha value is -6.96. The first kappa shape index (κ1) is 48.7. The average molecular weight is 995 g/mol. The Morgan fingerprint density at radius 1 is 0.208 bits per heavy atom. The maximum absolute atomic E-state index is 3.58. The smallest absolute Gasteiger partial charge is 0.0261 e. The standard InChI is InChI=1S/C68H54P4/c1-9-29-61(30-10-1)69(62-31-11-2-12-32-62)51-57-45-55(46-58(49-57)52-70(63-33-13-3-14-34-63)64-35-15-4-16-36-64)27-25-26-28-56-47-59(53-71(65-37-17-5-18-38-65)66-39-19-6-20-40-66)50-60(48-56)54-72(67-41-21-7-22-42-67)68-43-23-8-24-44-68/h1-24,29-50H,51-54H2. The minimum Gasteiger partial charge on any atom is -0.0622 e. The lowest BCUT2D eigenvalue weighted by Gasteiger charge is -2.22. The first-order valence-electron chi connectivity index (χ1n) is 24.5. The summed E-state index contributed by atoms with van der Waals surface area (Å²) in [5.74, 6) is 13.9. The molecule has 0 aliphatic rings. The SMILES string of the molecule is C(C#Cc1cc(CP(c2ccccc2)c2ccccc2)cc(CP(c2ccccc2)c2ccccc2)c1)#Cc1cc(CP(c2ccccc2)c2ccccc2)cc(CP(c2ccccc2)c2ccccc2)c1. The molecule has 0 atom stereocenters. The first-order valence-corrected chi connectivity index (χ1v) is 30.6. The Kier molecular flexibility index (Phi) is 16.8. The third kappa shape index (κ3) is 13.1. The van der Waals surface area contributed by atoms with Crippen LogP contribution in [0.2, 0.25) is 0 Å². The quantitative estimate of drug-likeness (QED) is 0.0668. The molecule has 0 radical (unpaired) electrons. The van der Waals surface area contributed by atoms with Crippen molar-refractivity contribution >= 4 is 74.1 Å². The third-order valence-electron chi connectivity index (χ3n) is 12.5. The van der Waals surface area contributed by atoms with Crippen LogP contribution in [0.3, 0.4) is 0 Å². The topological polar surface area (TPSA) is 0 Å². The van der Waals surface area contributed by atoms with Crippen LogP contribution in [-0.4, -0.2) is 0 Å². The van der Waals surface area contributed by atoms with Gasteiger partial charge in [0, 0.05) is 35.8 Å². The lowest BCUT2D eigenvalue weighted by atomic mass is 10.1. The summed E-state index contributed by atoms with van der Waals surface area (Å²) >= 11 is 0. The van der Waals surface area contributed by atoms with Crippen LogP contribution in [0.15, 0.2) is 279 Å². The normalized spacial score (nSPS) is 11.0. The van der Waals surface area contributed by atoms with Gasteiger partial charge in [0.2, 0.25) is 0 Å². The van der Waals surface area contributed by atoms with Crippen LogP contribution in [0.25, 0.3) is 0 Å². The Bertz CT molecular complexity index is 2810. The zero-order valence-electron chi connectivity index (χ0n) is 40.2. The van der Waals surface area contributed by atoms with Crippen molar-refractivity contribution in [2.24, 2.45) is 0 Å². The summed E-state index contributed by atoms with van der Waals surface area (Å²) in [7, 11) is -2.62. The molecule has 10 aromatic rings. The van der Waals surface area contributed by atoms with Crippen molar-refractivity contribution in [2.75, 3.05) is 0 Å². The molecule has 0 spiro atoms. The number of hydrogen-bond acceptors (Lipinski definition) is 0. The molecule has 72 heavy (non-hydrogen) atoms.